The van der Waals surface area contributed by atoms with Gasteiger partial charge < -0.3 is 15.5 Å². The summed E-state index contributed by atoms with van der Waals surface area (Å²) in [7, 11) is 1.55. The number of pyridine rings is 1. The maximum atomic E-state index is 12.7. The van der Waals surface area contributed by atoms with Crippen LogP contribution in [0.5, 0.6) is 0 Å². The maximum absolute atomic E-state index is 12.7. The normalized spacial score (nSPS) is 12.0. The van der Waals surface area contributed by atoms with E-state index >= 15 is 0 Å². The van der Waals surface area contributed by atoms with Crippen molar-refractivity contribution in [3.8, 4) is 0 Å². The fraction of sp³-hybridized carbons (Fsp3) is 0.579. The Hall–Kier alpha value is -2.44. The Labute approximate surface area is 155 Å². The van der Waals surface area contributed by atoms with Gasteiger partial charge in [-0.15, -0.1) is 0 Å². The average Bonchev–Trinajstić information content (AvgIpc) is 2.50. The van der Waals surface area contributed by atoms with Gasteiger partial charge in [-0.25, -0.2) is 4.98 Å². The molecule has 0 aliphatic heterocycles. The maximum Gasteiger partial charge on any atom is 0.245 e. The Kier molecular flexibility index (Phi) is 8.22. The molecule has 2 N–H and O–H groups in total. The van der Waals surface area contributed by atoms with E-state index in [2.05, 4.69) is 15.6 Å². The van der Waals surface area contributed by atoms with Crippen LogP contribution in [0.4, 0.5) is 5.82 Å². The van der Waals surface area contributed by atoms with Gasteiger partial charge in [0.2, 0.25) is 17.7 Å². The van der Waals surface area contributed by atoms with Crippen LogP contribution >= 0.6 is 0 Å². The molecule has 26 heavy (non-hydrogen) atoms. The molecule has 1 heterocycles. The first kappa shape index (κ1) is 21.6. The van der Waals surface area contributed by atoms with Gasteiger partial charge in [0.25, 0.3) is 0 Å². The number of carbonyl (C=O) groups excluding carboxylic acids is 3. The van der Waals surface area contributed by atoms with Crippen LogP contribution in [0.15, 0.2) is 18.3 Å². The molecule has 0 bridgehead atoms. The molecular weight excluding hydrogens is 332 g/mol. The van der Waals surface area contributed by atoms with E-state index in [-0.39, 0.29) is 36.1 Å². The molecule has 1 rings (SSSR count). The van der Waals surface area contributed by atoms with Gasteiger partial charge in [-0.3, -0.25) is 14.4 Å². The highest BCUT2D eigenvalue weighted by Crippen LogP contribution is 2.09. The summed E-state index contributed by atoms with van der Waals surface area (Å²) in [6.07, 6.45) is 1.97. The van der Waals surface area contributed by atoms with Crippen LogP contribution in [0.1, 0.15) is 39.7 Å². The van der Waals surface area contributed by atoms with Gasteiger partial charge in [0.05, 0.1) is 6.54 Å². The number of carbonyl (C=O) groups is 3. The van der Waals surface area contributed by atoms with E-state index in [0.29, 0.717) is 12.2 Å². The van der Waals surface area contributed by atoms with E-state index < -0.39 is 6.04 Å². The van der Waals surface area contributed by atoms with Gasteiger partial charge in [0, 0.05) is 19.7 Å². The van der Waals surface area contributed by atoms with E-state index in [0.717, 1.165) is 5.56 Å². The molecule has 0 aliphatic rings. The van der Waals surface area contributed by atoms with Crippen molar-refractivity contribution in [1.82, 2.24) is 15.2 Å². The van der Waals surface area contributed by atoms with Crippen LogP contribution in [0.3, 0.4) is 0 Å². The number of nitrogens with zero attached hydrogens (tertiary/aromatic N) is 2. The number of hydrogen-bond acceptors (Lipinski definition) is 4. The molecule has 0 saturated carbocycles. The second-order valence-electron chi connectivity index (χ2n) is 7.35. The number of aromatic nitrogens is 1. The Morgan fingerprint density at radius 1 is 1.15 bits per heavy atom. The quantitative estimate of drug-likeness (QED) is 0.740. The standard InChI is InChI=1S/C19H30N4O3/c1-12(2)9-16(24)22-18(13(3)4)19(26)23(6)11-17(25)21-15-10-14(5)7-8-20-15/h7-8,10,12-13,18H,9,11H2,1-6H3,(H,22,24)(H,20,21,25). The highest BCUT2D eigenvalue weighted by atomic mass is 16.2. The third kappa shape index (κ3) is 7.21. The van der Waals surface area contributed by atoms with Gasteiger partial charge in [-0.05, 0) is 36.5 Å². The summed E-state index contributed by atoms with van der Waals surface area (Å²) < 4.78 is 0. The first-order valence-electron chi connectivity index (χ1n) is 8.87. The van der Waals surface area contributed by atoms with Crippen molar-refractivity contribution in [2.45, 2.75) is 47.1 Å². The molecule has 0 radical (unpaired) electrons. The zero-order valence-electron chi connectivity index (χ0n) is 16.5. The lowest BCUT2D eigenvalue weighted by atomic mass is 10.0. The van der Waals surface area contributed by atoms with E-state index in [1.165, 1.54) is 4.90 Å². The molecule has 1 aromatic heterocycles. The van der Waals surface area contributed by atoms with E-state index in [4.69, 9.17) is 0 Å². The molecule has 1 atom stereocenters. The molecule has 0 saturated heterocycles. The highest BCUT2D eigenvalue weighted by Gasteiger charge is 2.28. The lowest BCUT2D eigenvalue weighted by Gasteiger charge is -2.27. The highest BCUT2D eigenvalue weighted by molar-refractivity contribution is 5.95. The molecule has 3 amide bonds. The summed E-state index contributed by atoms with van der Waals surface area (Å²) in [6.45, 7) is 9.41. The van der Waals surface area contributed by atoms with E-state index in [1.54, 1.807) is 19.3 Å². The zero-order valence-corrected chi connectivity index (χ0v) is 16.5. The molecule has 0 aromatic carbocycles. The summed E-state index contributed by atoms with van der Waals surface area (Å²) in [5.41, 5.74) is 0.979. The molecule has 0 aliphatic carbocycles. The molecule has 0 spiro atoms. The topological polar surface area (TPSA) is 91.4 Å². The van der Waals surface area contributed by atoms with Crippen LogP contribution in [-0.4, -0.2) is 47.2 Å². The van der Waals surface area contributed by atoms with Crippen molar-refractivity contribution in [2.24, 2.45) is 11.8 Å². The minimum Gasteiger partial charge on any atom is -0.344 e. The van der Waals surface area contributed by atoms with Gasteiger partial charge in [-0.2, -0.15) is 0 Å². The number of rotatable bonds is 8. The number of anilines is 1. The first-order valence-corrected chi connectivity index (χ1v) is 8.87. The fourth-order valence-electron chi connectivity index (χ4n) is 2.43. The van der Waals surface area contributed by atoms with Crippen molar-refractivity contribution >= 4 is 23.5 Å². The number of hydrogen-bond donors (Lipinski definition) is 2. The van der Waals surface area contributed by atoms with Crippen LogP contribution in [-0.2, 0) is 14.4 Å². The molecule has 0 fully saturated rings. The third-order valence-corrected chi connectivity index (χ3v) is 3.78. The predicted molar refractivity (Wildman–Crippen MR) is 101 cm³/mol. The summed E-state index contributed by atoms with van der Waals surface area (Å²) in [6, 6.07) is 2.93. The summed E-state index contributed by atoms with van der Waals surface area (Å²) in [4.78, 5) is 42.2. The lowest BCUT2D eigenvalue weighted by molar-refractivity contribution is -0.138. The zero-order chi connectivity index (χ0) is 19.9. The van der Waals surface area contributed by atoms with Crippen LogP contribution in [0, 0.1) is 18.8 Å². The molecule has 7 heteroatoms. The van der Waals surface area contributed by atoms with Crippen molar-refractivity contribution in [1.29, 1.82) is 0 Å². The van der Waals surface area contributed by atoms with Gasteiger partial charge in [-0.1, -0.05) is 27.7 Å². The second-order valence-corrected chi connectivity index (χ2v) is 7.35. The number of likely N-dealkylation sites (N-methyl/N-ethyl adjacent to an activating group) is 1. The van der Waals surface area contributed by atoms with Crippen LogP contribution in [0.25, 0.3) is 0 Å². The summed E-state index contributed by atoms with van der Waals surface area (Å²) in [5, 5.41) is 5.46. The minimum atomic E-state index is -0.656. The lowest BCUT2D eigenvalue weighted by Crippen LogP contribution is -2.51. The third-order valence-electron chi connectivity index (χ3n) is 3.78. The monoisotopic (exact) mass is 362 g/mol. The summed E-state index contributed by atoms with van der Waals surface area (Å²) >= 11 is 0. The molecule has 144 valence electrons. The largest absolute Gasteiger partial charge is 0.344 e. The first-order chi connectivity index (χ1) is 12.1. The van der Waals surface area contributed by atoms with Crippen LogP contribution in [0.2, 0.25) is 0 Å². The number of amides is 3. The predicted octanol–water partition coefficient (Wildman–Crippen LogP) is 1.97. The Bertz CT molecular complexity index is 643. The van der Waals surface area contributed by atoms with E-state index in [1.807, 2.05) is 40.7 Å². The van der Waals surface area contributed by atoms with Crippen molar-refractivity contribution in [3.05, 3.63) is 23.9 Å². The SMILES string of the molecule is Cc1ccnc(NC(=O)CN(C)C(=O)C(NC(=O)CC(C)C)C(C)C)c1. The second kappa shape index (κ2) is 9.89. The molecular formula is C19H30N4O3. The fourth-order valence-corrected chi connectivity index (χ4v) is 2.43. The van der Waals surface area contributed by atoms with Crippen molar-refractivity contribution in [2.75, 3.05) is 18.9 Å². The van der Waals surface area contributed by atoms with Crippen LogP contribution < -0.4 is 10.6 Å². The number of nitrogens with one attached hydrogen (secondary N) is 2. The summed E-state index contributed by atoms with van der Waals surface area (Å²) in [5.74, 6) is -0.208. The molecule has 7 nitrogen and oxygen atoms in total. The van der Waals surface area contributed by atoms with Gasteiger partial charge >= 0.3 is 0 Å². The van der Waals surface area contributed by atoms with Crippen molar-refractivity contribution in [3.63, 3.8) is 0 Å². The molecule has 1 unspecified atom stereocenters. The Morgan fingerprint density at radius 3 is 2.35 bits per heavy atom. The van der Waals surface area contributed by atoms with Crippen molar-refractivity contribution < 1.29 is 14.4 Å². The van der Waals surface area contributed by atoms with E-state index in [9.17, 15) is 14.4 Å². The Balaban J connectivity index is 2.67. The van der Waals surface area contributed by atoms with Gasteiger partial charge in [0.15, 0.2) is 0 Å². The van der Waals surface area contributed by atoms with Gasteiger partial charge in [0.1, 0.15) is 11.9 Å². The molecule has 1 aromatic rings. The average molecular weight is 362 g/mol. The Morgan fingerprint density at radius 2 is 1.81 bits per heavy atom. The minimum absolute atomic E-state index is 0.0810. The smallest absolute Gasteiger partial charge is 0.245 e. The number of aryl methyl sites for hydroxylation is 1.